The zero-order chi connectivity index (χ0) is 13.8. The van der Waals surface area contributed by atoms with Crippen LogP contribution in [0.4, 0.5) is 5.69 Å². The summed E-state index contributed by atoms with van der Waals surface area (Å²) in [5.74, 6) is 0. The molecule has 0 radical (unpaired) electrons. The third-order valence-corrected chi connectivity index (χ3v) is 3.70. The summed E-state index contributed by atoms with van der Waals surface area (Å²) >= 11 is 1.35. The SMILES string of the molecule is Cc1ccc([N+](=O)[O-])c(Sc2ccc(CO)cc2)c1. The number of aryl methyl sites for hydroxylation is 1. The van der Waals surface area contributed by atoms with E-state index in [1.54, 1.807) is 6.07 Å². The Kier molecular flexibility index (Phi) is 4.19. The maximum atomic E-state index is 11.0. The van der Waals surface area contributed by atoms with Gasteiger partial charge in [0, 0.05) is 11.0 Å². The highest BCUT2D eigenvalue weighted by Gasteiger charge is 2.14. The average Bonchev–Trinajstić information content (AvgIpc) is 2.39. The highest BCUT2D eigenvalue weighted by atomic mass is 32.2. The molecule has 19 heavy (non-hydrogen) atoms. The molecule has 0 aliphatic carbocycles. The summed E-state index contributed by atoms with van der Waals surface area (Å²) in [7, 11) is 0. The average molecular weight is 275 g/mol. The Morgan fingerprint density at radius 1 is 1.21 bits per heavy atom. The summed E-state index contributed by atoms with van der Waals surface area (Å²) in [6.45, 7) is 1.90. The molecule has 0 spiro atoms. The Hall–Kier alpha value is -1.85. The van der Waals surface area contributed by atoms with Crippen molar-refractivity contribution in [2.75, 3.05) is 0 Å². The van der Waals surface area contributed by atoms with Gasteiger partial charge < -0.3 is 5.11 Å². The molecular weight excluding hydrogens is 262 g/mol. The first-order valence-electron chi connectivity index (χ1n) is 5.73. The third-order valence-electron chi connectivity index (χ3n) is 2.65. The van der Waals surface area contributed by atoms with Crippen molar-refractivity contribution in [3.8, 4) is 0 Å². The second-order valence-electron chi connectivity index (χ2n) is 4.13. The molecule has 0 heterocycles. The van der Waals surface area contributed by atoms with E-state index in [2.05, 4.69) is 0 Å². The minimum absolute atomic E-state index is 0.00443. The van der Waals surface area contributed by atoms with Crippen LogP contribution in [0.15, 0.2) is 52.3 Å². The normalized spacial score (nSPS) is 10.4. The van der Waals surface area contributed by atoms with Crippen LogP contribution in [-0.2, 0) is 6.61 Å². The van der Waals surface area contributed by atoms with Crippen LogP contribution in [0.3, 0.4) is 0 Å². The third kappa shape index (κ3) is 3.33. The Balaban J connectivity index is 2.31. The minimum Gasteiger partial charge on any atom is -0.392 e. The molecule has 0 saturated carbocycles. The van der Waals surface area contributed by atoms with Crippen molar-refractivity contribution in [3.05, 3.63) is 63.7 Å². The number of hydrogen-bond acceptors (Lipinski definition) is 4. The molecule has 2 aromatic rings. The summed E-state index contributed by atoms with van der Waals surface area (Å²) < 4.78 is 0. The standard InChI is InChI=1S/C14H13NO3S/c1-10-2-7-13(15(17)18)14(8-10)19-12-5-3-11(9-16)4-6-12/h2-8,16H,9H2,1H3. The molecule has 0 saturated heterocycles. The van der Waals surface area contributed by atoms with Crippen LogP contribution in [0.2, 0.25) is 0 Å². The zero-order valence-corrected chi connectivity index (χ0v) is 11.2. The topological polar surface area (TPSA) is 63.4 Å². The van der Waals surface area contributed by atoms with E-state index in [1.165, 1.54) is 17.8 Å². The van der Waals surface area contributed by atoms with Gasteiger partial charge in [0.1, 0.15) is 0 Å². The van der Waals surface area contributed by atoms with Gasteiger partial charge in [0.05, 0.1) is 16.4 Å². The van der Waals surface area contributed by atoms with Crippen LogP contribution in [0.25, 0.3) is 0 Å². The van der Waals surface area contributed by atoms with Gasteiger partial charge in [-0.15, -0.1) is 0 Å². The van der Waals surface area contributed by atoms with Gasteiger partial charge in [-0.05, 0) is 36.2 Å². The Labute approximate surface area is 115 Å². The predicted octanol–water partition coefficient (Wildman–Crippen LogP) is 3.55. The van der Waals surface area contributed by atoms with Crippen molar-refractivity contribution in [1.29, 1.82) is 0 Å². The molecule has 0 amide bonds. The molecule has 4 nitrogen and oxygen atoms in total. The number of rotatable bonds is 4. The van der Waals surface area contributed by atoms with Crippen LogP contribution in [0, 0.1) is 17.0 Å². The molecule has 5 heteroatoms. The fourth-order valence-corrected chi connectivity index (χ4v) is 2.66. The fourth-order valence-electron chi connectivity index (χ4n) is 1.64. The van der Waals surface area contributed by atoms with Crippen LogP contribution in [0.5, 0.6) is 0 Å². The lowest BCUT2D eigenvalue weighted by atomic mass is 10.2. The number of nitrogens with zero attached hydrogens (tertiary/aromatic N) is 1. The van der Waals surface area contributed by atoms with Crippen molar-refractivity contribution in [2.24, 2.45) is 0 Å². The maximum absolute atomic E-state index is 11.0. The predicted molar refractivity (Wildman–Crippen MR) is 74.3 cm³/mol. The molecule has 1 N–H and O–H groups in total. The first-order chi connectivity index (χ1) is 9.10. The molecule has 0 aromatic heterocycles. The number of aliphatic hydroxyl groups excluding tert-OH is 1. The first kappa shape index (κ1) is 13.6. The van der Waals surface area contributed by atoms with Crippen molar-refractivity contribution >= 4 is 17.4 Å². The zero-order valence-electron chi connectivity index (χ0n) is 10.4. The van der Waals surface area contributed by atoms with Crippen LogP contribution >= 0.6 is 11.8 Å². The van der Waals surface area contributed by atoms with E-state index in [1.807, 2.05) is 37.3 Å². The quantitative estimate of drug-likeness (QED) is 0.684. The lowest BCUT2D eigenvalue weighted by Gasteiger charge is -2.05. The first-order valence-corrected chi connectivity index (χ1v) is 6.54. The molecule has 0 unspecified atom stereocenters. The minimum atomic E-state index is -0.371. The number of nitro groups is 1. The number of benzene rings is 2. The summed E-state index contributed by atoms with van der Waals surface area (Å²) in [4.78, 5) is 12.1. The van der Waals surface area contributed by atoms with Gasteiger partial charge in [0.2, 0.25) is 0 Å². The molecular formula is C14H13NO3S. The molecule has 2 rings (SSSR count). The van der Waals surface area contributed by atoms with Gasteiger partial charge in [-0.1, -0.05) is 30.0 Å². The molecule has 0 aliphatic heterocycles. The van der Waals surface area contributed by atoms with E-state index in [0.717, 1.165) is 16.0 Å². The van der Waals surface area contributed by atoms with Gasteiger partial charge in [-0.2, -0.15) is 0 Å². The van der Waals surface area contributed by atoms with Gasteiger partial charge in [0.15, 0.2) is 0 Å². The largest absolute Gasteiger partial charge is 0.392 e. The molecule has 98 valence electrons. The van der Waals surface area contributed by atoms with E-state index < -0.39 is 0 Å². The van der Waals surface area contributed by atoms with Crippen molar-refractivity contribution in [2.45, 2.75) is 23.3 Å². The summed E-state index contributed by atoms with van der Waals surface area (Å²) in [6.07, 6.45) is 0. The van der Waals surface area contributed by atoms with Crippen molar-refractivity contribution < 1.29 is 10.0 Å². The molecule has 0 bridgehead atoms. The smallest absolute Gasteiger partial charge is 0.283 e. The van der Waals surface area contributed by atoms with Crippen LogP contribution in [-0.4, -0.2) is 10.0 Å². The summed E-state index contributed by atoms with van der Waals surface area (Å²) in [6, 6.07) is 12.4. The number of aliphatic hydroxyl groups is 1. The highest BCUT2D eigenvalue weighted by Crippen LogP contribution is 2.35. The van der Waals surface area contributed by atoms with Crippen LogP contribution in [0.1, 0.15) is 11.1 Å². The van der Waals surface area contributed by atoms with Crippen LogP contribution < -0.4 is 0 Å². The summed E-state index contributed by atoms with van der Waals surface area (Å²) in [5, 5.41) is 20.0. The van der Waals surface area contributed by atoms with Gasteiger partial charge in [-0.3, -0.25) is 10.1 Å². The van der Waals surface area contributed by atoms with Gasteiger partial charge in [0.25, 0.3) is 5.69 Å². The molecule has 0 atom stereocenters. The lowest BCUT2D eigenvalue weighted by molar-refractivity contribution is -0.387. The fraction of sp³-hybridized carbons (Fsp3) is 0.143. The second kappa shape index (κ2) is 5.86. The monoisotopic (exact) mass is 275 g/mol. The Morgan fingerprint density at radius 2 is 1.89 bits per heavy atom. The van der Waals surface area contributed by atoms with E-state index >= 15 is 0 Å². The highest BCUT2D eigenvalue weighted by molar-refractivity contribution is 7.99. The summed E-state index contributed by atoms with van der Waals surface area (Å²) in [5.41, 5.74) is 1.92. The lowest BCUT2D eigenvalue weighted by Crippen LogP contribution is -1.91. The Bertz CT molecular complexity index is 596. The Morgan fingerprint density at radius 3 is 2.47 bits per heavy atom. The molecule has 0 fully saturated rings. The van der Waals surface area contributed by atoms with Crippen molar-refractivity contribution in [1.82, 2.24) is 0 Å². The molecule has 0 aliphatic rings. The number of nitro benzene ring substituents is 1. The van der Waals surface area contributed by atoms with Gasteiger partial charge in [-0.25, -0.2) is 0 Å². The van der Waals surface area contributed by atoms with E-state index in [-0.39, 0.29) is 17.2 Å². The van der Waals surface area contributed by atoms with E-state index in [0.29, 0.717) is 4.90 Å². The van der Waals surface area contributed by atoms with E-state index in [9.17, 15) is 10.1 Å². The van der Waals surface area contributed by atoms with Crippen molar-refractivity contribution in [3.63, 3.8) is 0 Å². The van der Waals surface area contributed by atoms with Gasteiger partial charge >= 0.3 is 0 Å². The van der Waals surface area contributed by atoms with E-state index in [4.69, 9.17) is 5.11 Å². The maximum Gasteiger partial charge on any atom is 0.283 e. The molecule has 2 aromatic carbocycles. The number of hydrogen-bond donors (Lipinski definition) is 1. The second-order valence-corrected chi connectivity index (χ2v) is 5.25.